The first-order valence-electron chi connectivity index (χ1n) is 10.5. The maximum Gasteiger partial charge on any atom is 0.222 e. The van der Waals surface area contributed by atoms with E-state index in [1.807, 2.05) is 19.4 Å². The second-order valence-electron chi connectivity index (χ2n) is 8.91. The van der Waals surface area contributed by atoms with Crippen LogP contribution in [0, 0.1) is 5.41 Å². The maximum atomic E-state index is 12.7. The molecule has 0 bridgehead atoms. The van der Waals surface area contributed by atoms with Gasteiger partial charge in [0.1, 0.15) is 0 Å². The molecule has 2 aromatic rings. The number of likely N-dealkylation sites (N-methyl/N-ethyl adjacent to an activating group) is 1. The van der Waals surface area contributed by atoms with Gasteiger partial charge in [-0.05, 0) is 55.2 Å². The number of benzene rings is 1. The fourth-order valence-electron chi connectivity index (χ4n) is 5.22. The van der Waals surface area contributed by atoms with Gasteiger partial charge in [0.25, 0.3) is 0 Å². The van der Waals surface area contributed by atoms with E-state index in [0.717, 1.165) is 51.0 Å². The Kier molecular flexibility index (Phi) is 5.54. The molecule has 3 heterocycles. The zero-order chi connectivity index (χ0) is 19.6. The Labute approximate surface area is 168 Å². The smallest absolute Gasteiger partial charge is 0.222 e. The Hall–Kier alpha value is -2.14. The number of likely N-dealkylation sites (tertiary alicyclic amines) is 2. The molecule has 2 aliphatic heterocycles. The average Bonchev–Trinajstić information content (AvgIpc) is 3.12. The number of hydrogen-bond acceptors (Lipinski definition) is 3. The molecule has 2 fully saturated rings. The summed E-state index contributed by atoms with van der Waals surface area (Å²) in [7, 11) is 4.17. The minimum atomic E-state index is 0.294. The molecule has 1 aromatic carbocycles. The number of carbonyl (C=O) groups excluding carboxylic acids is 1. The minimum Gasteiger partial charge on any atom is -0.343 e. The molecule has 0 saturated carbocycles. The third-order valence-corrected chi connectivity index (χ3v) is 6.65. The Morgan fingerprint density at radius 1 is 1.18 bits per heavy atom. The standard InChI is InChI=1S/C23H32N4O/c1-25-17-21(20-6-4-3-5-7-20)14-23(18-25)10-12-27(13-11-23)22(28)9-8-19-15-24-26(2)16-19/h3-7,15-16,21H,8-14,17-18H2,1-2H3. The predicted molar refractivity (Wildman–Crippen MR) is 111 cm³/mol. The van der Waals surface area contributed by atoms with Crippen molar-refractivity contribution in [3.63, 3.8) is 0 Å². The quantitative estimate of drug-likeness (QED) is 0.819. The van der Waals surface area contributed by atoms with Gasteiger partial charge in [-0.2, -0.15) is 5.10 Å². The molecule has 0 aliphatic carbocycles. The van der Waals surface area contributed by atoms with Crippen LogP contribution in [0.5, 0.6) is 0 Å². The molecule has 4 rings (SSSR count). The number of amides is 1. The first kappa shape index (κ1) is 19.2. The molecule has 1 unspecified atom stereocenters. The van der Waals surface area contributed by atoms with Crippen LogP contribution in [0.2, 0.25) is 0 Å². The van der Waals surface area contributed by atoms with Crippen LogP contribution in [-0.4, -0.2) is 58.7 Å². The highest BCUT2D eigenvalue weighted by molar-refractivity contribution is 5.76. The minimum absolute atomic E-state index is 0.294. The number of aromatic nitrogens is 2. The molecule has 28 heavy (non-hydrogen) atoms. The van der Waals surface area contributed by atoms with Gasteiger partial charge in [0.15, 0.2) is 0 Å². The van der Waals surface area contributed by atoms with Crippen molar-refractivity contribution < 1.29 is 4.79 Å². The highest BCUT2D eigenvalue weighted by atomic mass is 16.2. The summed E-state index contributed by atoms with van der Waals surface area (Å²) in [5.74, 6) is 0.898. The summed E-state index contributed by atoms with van der Waals surface area (Å²) in [5, 5.41) is 4.19. The van der Waals surface area contributed by atoms with Gasteiger partial charge in [-0.1, -0.05) is 30.3 Å². The normalized spacial score (nSPS) is 22.5. The van der Waals surface area contributed by atoms with E-state index in [1.54, 1.807) is 4.68 Å². The van der Waals surface area contributed by atoms with Crippen LogP contribution in [0.25, 0.3) is 0 Å². The van der Waals surface area contributed by atoms with Crippen molar-refractivity contribution in [3.8, 4) is 0 Å². The topological polar surface area (TPSA) is 41.4 Å². The van der Waals surface area contributed by atoms with Gasteiger partial charge in [0.05, 0.1) is 6.20 Å². The summed E-state index contributed by atoms with van der Waals surface area (Å²) in [5.41, 5.74) is 2.96. The van der Waals surface area contributed by atoms with E-state index >= 15 is 0 Å². The molecule has 1 amide bonds. The lowest BCUT2D eigenvalue weighted by molar-refractivity contribution is -0.134. The molecule has 1 spiro atoms. The lowest BCUT2D eigenvalue weighted by Crippen LogP contribution is -2.51. The Bertz CT molecular complexity index is 792. The first-order chi connectivity index (χ1) is 13.5. The van der Waals surface area contributed by atoms with Crippen LogP contribution in [0.3, 0.4) is 0 Å². The third-order valence-electron chi connectivity index (χ3n) is 6.65. The van der Waals surface area contributed by atoms with E-state index in [1.165, 1.54) is 12.0 Å². The van der Waals surface area contributed by atoms with Gasteiger partial charge in [-0.3, -0.25) is 9.48 Å². The van der Waals surface area contributed by atoms with Crippen molar-refractivity contribution in [2.75, 3.05) is 33.2 Å². The summed E-state index contributed by atoms with van der Waals surface area (Å²) in [6, 6.07) is 10.9. The number of nitrogens with zero attached hydrogens (tertiary/aromatic N) is 4. The lowest BCUT2D eigenvalue weighted by Gasteiger charge is -2.49. The van der Waals surface area contributed by atoms with Crippen molar-refractivity contribution in [1.82, 2.24) is 19.6 Å². The van der Waals surface area contributed by atoms with E-state index in [0.29, 0.717) is 23.7 Å². The number of aryl methyl sites for hydroxylation is 2. The summed E-state index contributed by atoms with van der Waals surface area (Å²) in [6.45, 7) is 4.11. The Morgan fingerprint density at radius 3 is 2.61 bits per heavy atom. The van der Waals surface area contributed by atoms with Crippen molar-refractivity contribution in [3.05, 3.63) is 53.9 Å². The van der Waals surface area contributed by atoms with Gasteiger partial charge >= 0.3 is 0 Å². The molecule has 150 valence electrons. The van der Waals surface area contributed by atoms with E-state index in [-0.39, 0.29) is 0 Å². The number of piperidine rings is 2. The van der Waals surface area contributed by atoms with Crippen LogP contribution in [-0.2, 0) is 18.3 Å². The fourth-order valence-corrected chi connectivity index (χ4v) is 5.22. The number of hydrogen-bond donors (Lipinski definition) is 0. The summed E-state index contributed by atoms with van der Waals surface area (Å²) in [4.78, 5) is 17.3. The lowest BCUT2D eigenvalue weighted by atomic mass is 9.68. The van der Waals surface area contributed by atoms with E-state index < -0.39 is 0 Å². The van der Waals surface area contributed by atoms with Crippen LogP contribution in [0.1, 0.15) is 42.7 Å². The second-order valence-corrected chi connectivity index (χ2v) is 8.91. The molecule has 0 N–H and O–H groups in total. The SMILES string of the molecule is CN1CC(c2ccccc2)CC2(CCN(C(=O)CCc3cnn(C)c3)CC2)C1. The summed E-state index contributed by atoms with van der Waals surface area (Å²) < 4.78 is 1.80. The molecule has 2 aliphatic rings. The van der Waals surface area contributed by atoms with Gasteiger partial charge in [-0.25, -0.2) is 0 Å². The van der Waals surface area contributed by atoms with Gasteiger partial charge in [-0.15, -0.1) is 0 Å². The van der Waals surface area contributed by atoms with Crippen LogP contribution >= 0.6 is 0 Å². The molecule has 5 nitrogen and oxygen atoms in total. The molecular weight excluding hydrogens is 348 g/mol. The molecule has 2 saturated heterocycles. The summed E-state index contributed by atoms with van der Waals surface area (Å²) >= 11 is 0. The maximum absolute atomic E-state index is 12.7. The van der Waals surface area contributed by atoms with Gasteiger partial charge < -0.3 is 9.80 Å². The Morgan fingerprint density at radius 2 is 1.93 bits per heavy atom. The van der Waals surface area contributed by atoms with Gasteiger partial charge in [0.2, 0.25) is 5.91 Å². The second kappa shape index (κ2) is 8.08. The largest absolute Gasteiger partial charge is 0.343 e. The molecule has 1 atom stereocenters. The number of rotatable bonds is 4. The zero-order valence-electron chi connectivity index (χ0n) is 17.2. The van der Waals surface area contributed by atoms with Crippen molar-refractivity contribution in [2.45, 2.75) is 38.0 Å². The summed E-state index contributed by atoms with van der Waals surface area (Å²) in [6.07, 6.45) is 8.73. The average molecular weight is 381 g/mol. The monoisotopic (exact) mass is 380 g/mol. The van der Waals surface area contributed by atoms with Crippen molar-refractivity contribution in [2.24, 2.45) is 12.5 Å². The van der Waals surface area contributed by atoms with Crippen molar-refractivity contribution in [1.29, 1.82) is 0 Å². The molecule has 5 heteroatoms. The molecule has 1 aromatic heterocycles. The molecular formula is C23H32N4O. The first-order valence-corrected chi connectivity index (χ1v) is 10.5. The van der Waals surface area contributed by atoms with Crippen LogP contribution in [0.4, 0.5) is 0 Å². The highest BCUT2D eigenvalue weighted by Gasteiger charge is 2.41. The third kappa shape index (κ3) is 4.30. The zero-order valence-corrected chi connectivity index (χ0v) is 17.2. The van der Waals surface area contributed by atoms with Crippen LogP contribution < -0.4 is 0 Å². The van der Waals surface area contributed by atoms with E-state index in [9.17, 15) is 4.79 Å². The number of carbonyl (C=O) groups is 1. The van der Waals surface area contributed by atoms with Gasteiger partial charge in [0, 0.05) is 45.8 Å². The van der Waals surface area contributed by atoms with Crippen LogP contribution in [0.15, 0.2) is 42.7 Å². The Balaban J connectivity index is 1.33. The van der Waals surface area contributed by atoms with Crippen molar-refractivity contribution >= 4 is 5.91 Å². The van der Waals surface area contributed by atoms with E-state index in [4.69, 9.17) is 0 Å². The predicted octanol–water partition coefficient (Wildman–Crippen LogP) is 3.08. The molecule has 0 radical (unpaired) electrons. The fraction of sp³-hybridized carbons (Fsp3) is 0.565. The van der Waals surface area contributed by atoms with E-state index in [2.05, 4.69) is 52.3 Å². The highest BCUT2D eigenvalue weighted by Crippen LogP contribution is 2.44.